The highest BCUT2D eigenvalue weighted by molar-refractivity contribution is 8.41. The molecule has 1 aliphatic heterocycles. The van der Waals surface area contributed by atoms with Crippen molar-refractivity contribution in [1.82, 2.24) is 4.72 Å². The number of nitrogens with zero attached hydrogens (tertiary/aromatic N) is 1. The van der Waals surface area contributed by atoms with Gasteiger partial charge in [-0.15, -0.1) is 0 Å². The van der Waals surface area contributed by atoms with Gasteiger partial charge in [0, 0.05) is 0 Å². The lowest BCUT2D eigenvalue weighted by Crippen LogP contribution is -2.24. The van der Waals surface area contributed by atoms with Gasteiger partial charge in [-0.05, 0) is 18.5 Å². The van der Waals surface area contributed by atoms with E-state index in [1.165, 1.54) is 0 Å². The van der Waals surface area contributed by atoms with Crippen LogP contribution in [-0.2, 0) is 0 Å². The van der Waals surface area contributed by atoms with Gasteiger partial charge in [0.2, 0.25) is 5.11 Å². The largest absolute Gasteiger partial charge is 0.307 e. The Morgan fingerprint density at radius 1 is 2.00 bits per heavy atom. The highest BCUT2D eigenvalue weighted by atomic mass is 32.3. The molecule has 1 unspecified atom stereocenters. The normalized spacial score (nSPS) is 43.5. The lowest BCUT2D eigenvalue weighted by molar-refractivity contribution is 1.50. The zero-order valence-electron chi connectivity index (χ0n) is 4.42. The molecule has 0 aromatic heterocycles. The topological polar surface area (TPSA) is 50.4 Å². The average molecular weight is 149 g/mol. The molecule has 1 rings (SSSR count). The summed E-state index contributed by atoms with van der Waals surface area (Å²) >= 11 is 4.70. The Morgan fingerprint density at radius 2 is 2.62 bits per heavy atom. The molecule has 0 aliphatic carbocycles. The van der Waals surface area contributed by atoms with Gasteiger partial charge < -0.3 is 4.72 Å². The van der Waals surface area contributed by atoms with Gasteiger partial charge in [-0.1, -0.05) is 10.4 Å². The summed E-state index contributed by atoms with van der Waals surface area (Å²) in [5.41, 5.74) is 1.68. The van der Waals surface area contributed by atoms with Crippen LogP contribution in [-0.4, -0.2) is 16.9 Å². The number of nitrogens with one attached hydrogen (secondary N) is 1. The van der Waals surface area contributed by atoms with E-state index in [-0.39, 0.29) is 0 Å². The summed E-state index contributed by atoms with van der Waals surface area (Å²) < 4.78 is 2.86. The first-order valence-electron chi connectivity index (χ1n) is 2.02. The van der Waals surface area contributed by atoms with Crippen LogP contribution in [0.15, 0.2) is 4.99 Å². The van der Waals surface area contributed by atoms with E-state index in [1.54, 1.807) is 5.55 Å². The molecule has 0 radical (unpaired) electrons. The fourth-order valence-corrected chi connectivity index (χ4v) is 1.86. The Labute approximate surface area is 54.9 Å². The molecular weight excluding hydrogens is 142 g/mol. The molecule has 8 heavy (non-hydrogen) atoms. The molecule has 1 heterocycles. The third-order valence-corrected chi connectivity index (χ3v) is 2.21. The van der Waals surface area contributed by atoms with Gasteiger partial charge in [-0.25, -0.2) is 4.99 Å². The SMILES string of the molecule is CS1(N)C=NC(=S)N1. The van der Waals surface area contributed by atoms with Crippen molar-refractivity contribution in [3.05, 3.63) is 0 Å². The maximum Gasteiger partial charge on any atom is 0.203 e. The lowest BCUT2D eigenvalue weighted by atomic mass is 11.2. The summed E-state index contributed by atoms with van der Waals surface area (Å²) in [5, 5.41) is 6.11. The van der Waals surface area contributed by atoms with Crippen LogP contribution in [0.1, 0.15) is 0 Å². The second-order valence-corrected chi connectivity index (χ2v) is 4.59. The summed E-state index contributed by atoms with van der Waals surface area (Å²) in [7, 11) is -1.28. The summed E-state index contributed by atoms with van der Waals surface area (Å²) in [6.45, 7) is 0. The van der Waals surface area contributed by atoms with E-state index in [1.807, 2.05) is 6.26 Å². The van der Waals surface area contributed by atoms with Crippen molar-refractivity contribution in [1.29, 1.82) is 0 Å². The molecule has 1 atom stereocenters. The van der Waals surface area contributed by atoms with Crippen molar-refractivity contribution < 1.29 is 0 Å². The second-order valence-electron chi connectivity index (χ2n) is 1.69. The molecule has 1 aliphatic rings. The molecule has 0 saturated heterocycles. The number of aliphatic imine (C=N–C) groups is 1. The maximum atomic E-state index is 5.60. The van der Waals surface area contributed by atoms with Crippen molar-refractivity contribution in [2.45, 2.75) is 0 Å². The molecule has 0 spiro atoms. The minimum absolute atomic E-state index is 0.505. The van der Waals surface area contributed by atoms with Crippen molar-refractivity contribution in [2.75, 3.05) is 6.26 Å². The first-order valence-corrected chi connectivity index (χ1v) is 4.60. The van der Waals surface area contributed by atoms with Crippen molar-refractivity contribution in [3.8, 4) is 0 Å². The summed E-state index contributed by atoms with van der Waals surface area (Å²) in [4.78, 5) is 3.80. The van der Waals surface area contributed by atoms with Crippen LogP contribution >= 0.6 is 22.6 Å². The monoisotopic (exact) mass is 149 g/mol. The molecule has 0 bridgehead atoms. The van der Waals surface area contributed by atoms with Gasteiger partial charge in [-0.2, -0.15) is 0 Å². The molecule has 3 nitrogen and oxygen atoms in total. The van der Waals surface area contributed by atoms with Gasteiger partial charge in [0.15, 0.2) is 0 Å². The van der Waals surface area contributed by atoms with Gasteiger partial charge in [0.1, 0.15) is 0 Å². The fourth-order valence-electron chi connectivity index (χ4n) is 0.398. The number of nitrogens with two attached hydrogens (primary N) is 1. The van der Waals surface area contributed by atoms with Crippen molar-refractivity contribution in [3.63, 3.8) is 0 Å². The van der Waals surface area contributed by atoms with Gasteiger partial charge >= 0.3 is 0 Å². The van der Waals surface area contributed by atoms with E-state index in [4.69, 9.17) is 17.4 Å². The number of hydrogen-bond donors (Lipinski definition) is 2. The molecular formula is C3H7N3S2. The maximum absolute atomic E-state index is 5.60. The standard InChI is InChI=1S/C3H7N3S2/c1-8(4)2-5-3(7)6-8/h2H,4H2,1H3,(H,6,7). The Balaban J connectivity index is 2.72. The number of hydrogen-bond acceptors (Lipinski definition) is 2. The number of rotatable bonds is 0. The predicted molar refractivity (Wildman–Crippen MR) is 41.9 cm³/mol. The van der Waals surface area contributed by atoms with E-state index in [0.29, 0.717) is 5.11 Å². The van der Waals surface area contributed by atoms with E-state index in [0.717, 1.165) is 0 Å². The minimum Gasteiger partial charge on any atom is -0.307 e. The average Bonchev–Trinajstić information content (AvgIpc) is 1.82. The first kappa shape index (κ1) is 6.00. The summed E-state index contributed by atoms with van der Waals surface area (Å²) in [6, 6.07) is 0. The molecule has 0 amide bonds. The van der Waals surface area contributed by atoms with E-state index in [2.05, 4.69) is 9.71 Å². The van der Waals surface area contributed by atoms with Crippen LogP contribution < -0.4 is 9.86 Å². The molecule has 0 saturated carbocycles. The zero-order chi connectivity index (χ0) is 6.20. The van der Waals surface area contributed by atoms with Crippen LogP contribution in [0.2, 0.25) is 0 Å². The number of thiocarbonyl (C=S) groups is 1. The Morgan fingerprint density at radius 3 is 2.75 bits per heavy atom. The Bertz CT molecular complexity index is 151. The van der Waals surface area contributed by atoms with Crippen LogP contribution in [0.3, 0.4) is 0 Å². The molecule has 0 aromatic carbocycles. The lowest BCUT2D eigenvalue weighted by Gasteiger charge is -2.20. The van der Waals surface area contributed by atoms with Crippen LogP contribution in [0.5, 0.6) is 0 Å². The summed E-state index contributed by atoms with van der Waals surface area (Å²) in [6.07, 6.45) is 1.88. The van der Waals surface area contributed by atoms with E-state index in [9.17, 15) is 0 Å². The van der Waals surface area contributed by atoms with Crippen LogP contribution in [0.25, 0.3) is 0 Å². The Hall–Kier alpha value is -0.130. The molecule has 46 valence electrons. The summed E-state index contributed by atoms with van der Waals surface area (Å²) in [5.74, 6) is 0. The van der Waals surface area contributed by atoms with Crippen LogP contribution in [0.4, 0.5) is 0 Å². The molecule has 3 N–H and O–H groups in total. The van der Waals surface area contributed by atoms with Gasteiger partial charge in [0.05, 0.1) is 5.55 Å². The van der Waals surface area contributed by atoms with Gasteiger partial charge in [-0.3, -0.25) is 5.14 Å². The third kappa shape index (κ3) is 1.18. The van der Waals surface area contributed by atoms with Gasteiger partial charge in [0.25, 0.3) is 0 Å². The Kier molecular flexibility index (Phi) is 1.26. The van der Waals surface area contributed by atoms with E-state index < -0.39 is 10.4 Å². The molecule has 5 heteroatoms. The minimum atomic E-state index is -1.28. The smallest absolute Gasteiger partial charge is 0.203 e. The molecule has 0 fully saturated rings. The zero-order valence-corrected chi connectivity index (χ0v) is 6.05. The fraction of sp³-hybridized carbons (Fsp3) is 0.333. The van der Waals surface area contributed by atoms with Crippen molar-refractivity contribution in [2.24, 2.45) is 10.1 Å². The highest BCUT2D eigenvalue weighted by Crippen LogP contribution is 2.29. The first-order chi connectivity index (χ1) is 3.60. The third-order valence-electron chi connectivity index (χ3n) is 0.696. The molecule has 0 aromatic rings. The second kappa shape index (κ2) is 1.68. The quantitative estimate of drug-likeness (QED) is 0.481. The highest BCUT2D eigenvalue weighted by Gasteiger charge is 2.14. The van der Waals surface area contributed by atoms with Crippen LogP contribution in [0, 0.1) is 0 Å². The van der Waals surface area contributed by atoms with E-state index >= 15 is 0 Å². The van der Waals surface area contributed by atoms with Crippen molar-refractivity contribution >= 4 is 33.3 Å². The predicted octanol–water partition coefficient (Wildman–Crippen LogP) is 0.126.